The van der Waals surface area contributed by atoms with E-state index in [0.717, 1.165) is 15.3 Å². The summed E-state index contributed by atoms with van der Waals surface area (Å²) in [4.78, 5) is 33.5. The Morgan fingerprint density at radius 1 is 1.30 bits per heavy atom. The van der Waals surface area contributed by atoms with Gasteiger partial charge in [0.25, 0.3) is 5.56 Å². The third-order valence-corrected chi connectivity index (χ3v) is 5.30. The van der Waals surface area contributed by atoms with Crippen LogP contribution < -0.4 is 21.3 Å². The molecule has 0 aliphatic carbocycles. The average Bonchev–Trinajstić information content (AvgIpc) is 2.94. The summed E-state index contributed by atoms with van der Waals surface area (Å²) in [5.74, 6) is 1.08. The van der Waals surface area contributed by atoms with E-state index < -0.39 is 0 Å². The molecule has 0 fully saturated rings. The highest BCUT2D eigenvalue weighted by Gasteiger charge is 2.12. The summed E-state index contributed by atoms with van der Waals surface area (Å²) in [5, 5.41) is 3.47. The first kappa shape index (κ1) is 19.1. The molecule has 2 heterocycles. The number of nitrogens with zero attached hydrogens (tertiary/aromatic N) is 1. The molecule has 142 valence electrons. The molecule has 4 N–H and O–H groups in total. The van der Waals surface area contributed by atoms with Gasteiger partial charge in [0.15, 0.2) is 0 Å². The molecule has 0 saturated carbocycles. The third kappa shape index (κ3) is 4.53. The number of hydrogen-bond donors (Lipinski definition) is 3. The number of H-pyrrole nitrogens is 1. The Kier molecular flexibility index (Phi) is 5.88. The van der Waals surface area contributed by atoms with Crippen LogP contribution in [-0.4, -0.2) is 29.0 Å². The van der Waals surface area contributed by atoms with Gasteiger partial charge in [0.2, 0.25) is 5.91 Å². The molecule has 7 nitrogen and oxygen atoms in total. The minimum atomic E-state index is -0.148. The first-order valence-electron chi connectivity index (χ1n) is 8.69. The first-order chi connectivity index (χ1) is 13.0. The summed E-state index contributed by atoms with van der Waals surface area (Å²) in [6, 6.07) is 7.10. The van der Waals surface area contributed by atoms with Crippen molar-refractivity contribution in [3.8, 4) is 5.75 Å². The largest absolute Gasteiger partial charge is 0.492 e. The summed E-state index contributed by atoms with van der Waals surface area (Å²) < 4.78 is 5.40. The van der Waals surface area contributed by atoms with Crippen LogP contribution >= 0.6 is 11.3 Å². The third-order valence-electron chi connectivity index (χ3n) is 4.20. The second-order valence-electron chi connectivity index (χ2n) is 6.19. The average molecular weight is 386 g/mol. The lowest BCUT2D eigenvalue weighted by Gasteiger charge is -2.07. The van der Waals surface area contributed by atoms with Crippen LogP contribution in [0.1, 0.15) is 22.7 Å². The molecule has 0 saturated heterocycles. The number of ether oxygens (including phenoxy) is 1. The van der Waals surface area contributed by atoms with Crippen molar-refractivity contribution < 1.29 is 9.53 Å². The fourth-order valence-corrected chi connectivity index (χ4v) is 3.73. The van der Waals surface area contributed by atoms with Crippen LogP contribution in [0, 0.1) is 13.8 Å². The Labute approximate surface area is 160 Å². The smallest absolute Gasteiger partial charge is 0.259 e. The Morgan fingerprint density at radius 3 is 2.74 bits per heavy atom. The highest BCUT2D eigenvalue weighted by atomic mass is 32.1. The number of hydrogen-bond acceptors (Lipinski definition) is 6. The lowest BCUT2D eigenvalue weighted by molar-refractivity contribution is -0.116. The summed E-state index contributed by atoms with van der Waals surface area (Å²) in [6.45, 7) is 4.79. The number of carbonyl (C=O) groups excluding carboxylic acids is 1. The lowest BCUT2D eigenvalue weighted by Crippen LogP contribution is -2.16. The molecule has 27 heavy (non-hydrogen) atoms. The highest BCUT2D eigenvalue weighted by Crippen LogP contribution is 2.25. The van der Waals surface area contributed by atoms with Crippen LogP contribution in [-0.2, 0) is 11.2 Å². The molecule has 0 spiro atoms. The number of nitrogens with one attached hydrogen (secondary N) is 2. The zero-order valence-electron chi connectivity index (χ0n) is 15.3. The number of rotatable bonds is 7. The number of anilines is 1. The second kappa shape index (κ2) is 8.32. The SMILES string of the molecule is Cc1sc2nc(CCC(=O)Nc3ccc(OCCN)cc3)[nH]c(=O)c2c1C. The van der Waals surface area contributed by atoms with E-state index in [9.17, 15) is 9.59 Å². The number of aromatic nitrogens is 2. The van der Waals surface area contributed by atoms with Crippen molar-refractivity contribution in [2.75, 3.05) is 18.5 Å². The molecular weight excluding hydrogens is 364 g/mol. The van der Waals surface area contributed by atoms with E-state index >= 15 is 0 Å². The summed E-state index contributed by atoms with van der Waals surface area (Å²) in [5.41, 5.74) is 6.89. The molecule has 1 aromatic carbocycles. The fourth-order valence-electron chi connectivity index (χ4n) is 2.68. The molecule has 3 rings (SSSR count). The van der Waals surface area contributed by atoms with Crippen LogP contribution in [0.2, 0.25) is 0 Å². The predicted molar refractivity (Wildman–Crippen MR) is 108 cm³/mol. The molecule has 3 aromatic rings. The van der Waals surface area contributed by atoms with Gasteiger partial charge in [0.1, 0.15) is 23.0 Å². The molecule has 0 aliphatic rings. The van der Waals surface area contributed by atoms with Crippen molar-refractivity contribution in [2.24, 2.45) is 5.73 Å². The van der Waals surface area contributed by atoms with Crippen molar-refractivity contribution in [2.45, 2.75) is 26.7 Å². The molecular formula is C19H22N4O3S. The number of amides is 1. The molecule has 0 atom stereocenters. The van der Waals surface area contributed by atoms with Crippen molar-refractivity contribution in [3.05, 3.63) is 50.9 Å². The maximum absolute atomic E-state index is 12.3. The molecule has 2 aromatic heterocycles. The van der Waals surface area contributed by atoms with Gasteiger partial charge in [-0.2, -0.15) is 0 Å². The van der Waals surface area contributed by atoms with Gasteiger partial charge in [-0.25, -0.2) is 4.98 Å². The van der Waals surface area contributed by atoms with Crippen LogP contribution in [0.5, 0.6) is 5.75 Å². The van der Waals surface area contributed by atoms with Gasteiger partial charge in [-0.1, -0.05) is 0 Å². The van der Waals surface area contributed by atoms with Gasteiger partial charge in [-0.05, 0) is 43.7 Å². The number of nitrogens with two attached hydrogens (primary N) is 1. The predicted octanol–water partition coefficient (Wildman–Crippen LogP) is 2.51. The van der Waals surface area contributed by atoms with E-state index in [0.29, 0.717) is 42.2 Å². The zero-order valence-corrected chi connectivity index (χ0v) is 16.1. The Bertz CT molecular complexity index is 1010. The molecule has 8 heteroatoms. The molecule has 1 amide bonds. The second-order valence-corrected chi connectivity index (χ2v) is 7.39. The van der Waals surface area contributed by atoms with Crippen LogP contribution in [0.25, 0.3) is 10.2 Å². The highest BCUT2D eigenvalue weighted by molar-refractivity contribution is 7.18. The fraction of sp³-hybridized carbons (Fsp3) is 0.316. The summed E-state index contributed by atoms with van der Waals surface area (Å²) in [7, 11) is 0. The number of carbonyl (C=O) groups is 1. The van der Waals surface area contributed by atoms with Crippen LogP contribution in [0.15, 0.2) is 29.1 Å². The Balaban J connectivity index is 1.60. The monoisotopic (exact) mass is 386 g/mol. The van der Waals surface area contributed by atoms with Gasteiger partial charge in [-0.3, -0.25) is 9.59 Å². The topological polar surface area (TPSA) is 110 Å². The number of aromatic amines is 1. The van der Waals surface area contributed by atoms with E-state index in [1.54, 1.807) is 24.3 Å². The van der Waals surface area contributed by atoms with Crippen molar-refractivity contribution in [1.29, 1.82) is 0 Å². The van der Waals surface area contributed by atoms with Crippen LogP contribution in [0.3, 0.4) is 0 Å². The van der Waals surface area contributed by atoms with E-state index in [-0.39, 0.29) is 17.9 Å². The number of benzene rings is 1. The van der Waals surface area contributed by atoms with Gasteiger partial charge in [-0.15, -0.1) is 11.3 Å². The molecule has 0 aliphatic heterocycles. The summed E-state index contributed by atoms with van der Waals surface area (Å²) >= 11 is 1.50. The van der Waals surface area contributed by atoms with E-state index in [4.69, 9.17) is 10.5 Å². The molecule has 0 unspecified atom stereocenters. The standard InChI is InChI=1S/C19H22N4O3S/c1-11-12(2)27-19-17(11)18(25)22-15(23-19)7-8-16(24)21-13-3-5-14(6-4-13)26-10-9-20/h3-6H,7-10,20H2,1-2H3,(H,21,24)(H,22,23,25). The van der Waals surface area contributed by atoms with Crippen molar-refractivity contribution >= 4 is 33.1 Å². The summed E-state index contributed by atoms with van der Waals surface area (Å²) in [6.07, 6.45) is 0.591. The van der Waals surface area contributed by atoms with Crippen LogP contribution in [0.4, 0.5) is 5.69 Å². The minimum absolute atomic E-state index is 0.146. The van der Waals surface area contributed by atoms with Gasteiger partial charge < -0.3 is 20.8 Å². The van der Waals surface area contributed by atoms with Gasteiger partial charge >= 0.3 is 0 Å². The maximum atomic E-state index is 12.3. The Hall–Kier alpha value is -2.71. The van der Waals surface area contributed by atoms with E-state index in [2.05, 4.69) is 15.3 Å². The van der Waals surface area contributed by atoms with E-state index in [1.165, 1.54) is 11.3 Å². The Morgan fingerprint density at radius 2 is 2.04 bits per heavy atom. The maximum Gasteiger partial charge on any atom is 0.259 e. The first-order valence-corrected chi connectivity index (χ1v) is 9.51. The zero-order chi connectivity index (χ0) is 19.4. The lowest BCUT2D eigenvalue weighted by atomic mass is 10.2. The number of aryl methyl sites for hydroxylation is 3. The minimum Gasteiger partial charge on any atom is -0.492 e. The molecule has 0 bridgehead atoms. The number of thiophene rings is 1. The van der Waals surface area contributed by atoms with E-state index in [1.807, 2.05) is 13.8 Å². The van der Waals surface area contributed by atoms with Crippen molar-refractivity contribution in [3.63, 3.8) is 0 Å². The number of fused-ring (bicyclic) bond motifs is 1. The quantitative estimate of drug-likeness (QED) is 0.578. The van der Waals surface area contributed by atoms with Gasteiger partial charge in [0, 0.05) is 30.0 Å². The van der Waals surface area contributed by atoms with Crippen molar-refractivity contribution in [1.82, 2.24) is 9.97 Å². The normalized spacial score (nSPS) is 10.9. The molecule has 0 radical (unpaired) electrons. The van der Waals surface area contributed by atoms with Gasteiger partial charge in [0.05, 0.1) is 5.39 Å².